The smallest absolute Gasteiger partial charge is 0.266 e. The van der Waals surface area contributed by atoms with E-state index in [4.69, 9.17) is 4.98 Å². The third-order valence-corrected chi connectivity index (χ3v) is 5.66. The first-order valence-corrected chi connectivity index (χ1v) is 9.97. The fourth-order valence-corrected chi connectivity index (χ4v) is 3.81. The number of aromatic nitrogens is 2. The predicted octanol–water partition coefficient (Wildman–Crippen LogP) is 3.45. The molecule has 6 heteroatoms. The van der Waals surface area contributed by atoms with Gasteiger partial charge in [-0.3, -0.25) is 14.2 Å². The summed E-state index contributed by atoms with van der Waals surface area (Å²) in [6.45, 7) is 3.86. The number of thioether (sulfide) groups is 1. The highest BCUT2D eigenvalue weighted by Gasteiger charge is 2.27. The van der Waals surface area contributed by atoms with E-state index < -0.39 is 0 Å². The molecule has 0 radical (unpaired) electrons. The highest BCUT2D eigenvalue weighted by molar-refractivity contribution is 8.00. The highest BCUT2D eigenvalue weighted by Crippen LogP contribution is 2.26. The molecule has 0 aliphatic heterocycles. The average molecular weight is 379 g/mol. The number of hydrogen-bond donors (Lipinski definition) is 1. The molecule has 2 aromatic carbocycles. The Balaban J connectivity index is 1.79. The van der Waals surface area contributed by atoms with Gasteiger partial charge >= 0.3 is 0 Å². The molecule has 0 unspecified atom stereocenters. The molecule has 1 N–H and O–H groups in total. The van der Waals surface area contributed by atoms with Gasteiger partial charge in [0.1, 0.15) is 0 Å². The number of carbonyl (C=O) groups is 1. The molecule has 1 saturated carbocycles. The summed E-state index contributed by atoms with van der Waals surface area (Å²) in [6.07, 6.45) is 2.09. The molecule has 4 rings (SSSR count). The number of fused-ring (bicyclic) bond motifs is 1. The molecule has 0 saturated heterocycles. The van der Waals surface area contributed by atoms with Crippen molar-refractivity contribution in [2.45, 2.75) is 43.1 Å². The van der Waals surface area contributed by atoms with E-state index in [-0.39, 0.29) is 16.7 Å². The van der Waals surface area contributed by atoms with Crippen molar-refractivity contribution in [2.24, 2.45) is 0 Å². The standard InChI is InChI=1S/C21H21N3O2S/c1-13-7-11-16(12-8-13)24-20(26)17-5-3-4-6-18(17)23-21(24)27-14(2)19(25)22-15-9-10-15/h3-8,11-12,14-15H,9-10H2,1-2H3,(H,22,25)/t14-/m0/s1. The van der Waals surface area contributed by atoms with Crippen LogP contribution < -0.4 is 10.9 Å². The van der Waals surface area contributed by atoms with Crippen molar-refractivity contribution in [3.8, 4) is 5.69 Å². The van der Waals surface area contributed by atoms with Crippen molar-refractivity contribution in [1.82, 2.24) is 14.9 Å². The fraction of sp³-hybridized carbons (Fsp3) is 0.286. The van der Waals surface area contributed by atoms with E-state index in [0.29, 0.717) is 22.1 Å². The zero-order valence-electron chi connectivity index (χ0n) is 15.3. The van der Waals surface area contributed by atoms with E-state index in [1.807, 2.05) is 56.3 Å². The lowest BCUT2D eigenvalue weighted by Gasteiger charge is -2.16. The summed E-state index contributed by atoms with van der Waals surface area (Å²) in [5, 5.41) is 3.78. The Labute approximate surface area is 161 Å². The van der Waals surface area contributed by atoms with E-state index >= 15 is 0 Å². The summed E-state index contributed by atoms with van der Waals surface area (Å²) in [5.74, 6) is -0.0136. The van der Waals surface area contributed by atoms with E-state index in [1.165, 1.54) is 11.8 Å². The lowest BCUT2D eigenvalue weighted by Crippen LogP contribution is -2.33. The number of nitrogens with one attached hydrogen (secondary N) is 1. The van der Waals surface area contributed by atoms with E-state index in [0.717, 1.165) is 24.1 Å². The molecule has 138 valence electrons. The minimum absolute atomic E-state index is 0.0136. The lowest BCUT2D eigenvalue weighted by molar-refractivity contribution is -0.120. The molecule has 1 aliphatic carbocycles. The molecule has 1 amide bonds. The Morgan fingerprint density at radius 1 is 1.19 bits per heavy atom. The Hall–Kier alpha value is -2.60. The molecule has 1 heterocycles. The van der Waals surface area contributed by atoms with Gasteiger partial charge in [0, 0.05) is 6.04 Å². The molecule has 1 fully saturated rings. The van der Waals surface area contributed by atoms with Crippen LogP contribution in [0.5, 0.6) is 0 Å². The molecule has 27 heavy (non-hydrogen) atoms. The Morgan fingerprint density at radius 2 is 1.89 bits per heavy atom. The van der Waals surface area contributed by atoms with Crippen LogP contribution in [-0.2, 0) is 4.79 Å². The molecule has 1 aromatic heterocycles. The van der Waals surface area contributed by atoms with E-state index in [2.05, 4.69) is 5.32 Å². The molecular formula is C21H21N3O2S. The number of hydrogen-bond acceptors (Lipinski definition) is 4. The number of benzene rings is 2. The number of nitrogens with zero attached hydrogens (tertiary/aromatic N) is 2. The van der Waals surface area contributed by atoms with Crippen molar-refractivity contribution in [3.05, 3.63) is 64.4 Å². The summed E-state index contributed by atoms with van der Waals surface area (Å²) in [7, 11) is 0. The van der Waals surface area contributed by atoms with Crippen LogP contribution in [0, 0.1) is 6.92 Å². The zero-order chi connectivity index (χ0) is 19.0. The molecule has 1 atom stereocenters. The van der Waals surface area contributed by atoms with Crippen molar-refractivity contribution in [3.63, 3.8) is 0 Å². The second-order valence-corrected chi connectivity index (χ2v) is 8.24. The average Bonchev–Trinajstić information content (AvgIpc) is 3.47. The van der Waals surface area contributed by atoms with Gasteiger partial charge in [0.2, 0.25) is 5.91 Å². The van der Waals surface area contributed by atoms with Gasteiger partial charge in [-0.1, -0.05) is 41.6 Å². The summed E-state index contributed by atoms with van der Waals surface area (Å²) < 4.78 is 1.60. The summed E-state index contributed by atoms with van der Waals surface area (Å²) in [5.41, 5.74) is 2.39. The minimum Gasteiger partial charge on any atom is -0.352 e. The maximum absolute atomic E-state index is 13.2. The third kappa shape index (κ3) is 3.76. The largest absolute Gasteiger partial charge is 0.352 e. The highest BCUT2D eigenvalue weighted by atomic mass is 32.2. The maximum atomic E-state index is 13.2. The van der Waals surface area contributed by atoms with Crippen molar-refractivity contribution in [2.75, 3.05) is 0 Å². The van der Waals surface area contributed by atoms with Crippen LogP contribution in [-0.4, -0.2) is 26.8 Å². The first kappa shape index (κ1) is 17.8. The first-order valence-electron chi connectivity index (χ1n) is 9.09. The van der Waals surface area contributed by atoms with Gasteiger partial charge in [-0.05, 0) is 51.0 Å². The molecule has 1 aliphatic rings. The quantitative estimate of drug-likeness (QED) is 0.545. The Bertz CT molecular complexity index is 1060. The number of aryl methyl sites for hydroxylation is 1. The fourth-order valence-electron chi connectivity index (χ4n) is 2.87. The molecule has 0 bridgehead atoms. The van der Waals surface area contributed by atoms with Crippen LogP contribution in [0.2, 0.25) is 0 Å². The van der Waals surface area contributed by atoms with Gasteiger partial charge in [0.15, 0.2) is 5.16 Å². The Morgan fingerprint density at radius 3 is 2.59 bits per heavy atom. The molecule has 5 nitrogen and oxygen atoms in total. The SMILES string of the molecule is Cc1ccc(-n2c(S[C@@H](C)C(=O)NC3CC3)nc3ccccc3c2=O)cc1. The van der Waals surface area contributed by atoms with Gasteiger partial charge in [-0.2, -0.15) is 0 Å². The van der Waals surface area contributed by atoms with Crippen LogP contribution in [0.3, 0.4) is 0 Å². The molecule has 0 spiro atoms. The summed E-state index contributed by atoms with van der Waals surface area (Å²) in [4.78, 5) is 30.3. The Kier molecular flexibility index (Phi) is 4.74. The first-order chi connectivity index (χ1) is 13.0. The van der Waals surface area contributed by atoms with Crippen LogP contribution in [0.1, 0.15) is 25.3 Å². The van der Waals surface area contributed by atoms with Gasteiger partial charge < -0.3 is 5.32 Å². The monoisotopic (exact) mass is 379 g/mol. The number of rotatable bonds is 5. The number of amides is 1. The van der Waals surface area contributed by atoms with Gasteiger partial charge in [-0.15, -0.1) is 0 Å². The maximum Gasteiger partial charge on any atom is 0.266 e. The zero-order valence-corrected chi connectivity index (χ0v) is 16.1. The minimum atomic E-state index is -0.338. The second-order valence-electron chi connectivity index (χ2n) is 6.93. The van der Waals surface area contributed by atoms with Crippen molar-refractivity contribution < 1.29 is 4.79 Å². The van der Waals surface area contributed by atoms with Gasteiger partial charge in [-0.25, -0.2) is 4.98 Å². The van der Waals surface area contributed by atoms with Crippen LogP contribution in [0.4, 0.5) is 0 Å². The van der Waals surface area contributed by atoms with Gasteiger partial charge in [0.05, 0.1) is 21.8 Å². The van der Waals surface area contributed by atoms with Crippen molar-refractivity contribution in [1.29, 1.82) is 0 Å². The topological polar surface area (TPSA) is 64.0 Å². The predicted molar refractivity (Wildman–Crippen MR) is 109 cm³/mol. The number of carbonyl (C=O) groups excluding carboxylic acids is 1. The van der Waals surface area contributed by atoms with Crippen molar-refractivity contribution >= 4 is 28.6 Å². The van der Waals surface area contributed by atoms with E-state index in [1.54, 1.807) is 10.6 Å². The normalized spacial score (nSPS) is 14.9. The second kappa shape index (κ2) is 7.19. The van der Waals surface area contributed by atoms with Crippen LogP contribution >= 0.6 is 11.8 Å². The summed E-state index contributed by atoms with van der Waals surface area (Å²) in [6, 6.07) is 15.4. The molecule has 3 aromatic rings. The lowest BCUT2D eigenvalue weighted by atomic mass is 10.2. The van der Waals surface area contributed by atoms with E-state index in [9.17, 15) is 9.59 Å². The van der Waals surface area contributed by atoms with Crippen LogP contribution in [0.25, 0.3) is 16.6 Å². The molecular weight excluding hydrogens is 358 g/mol. The number of para-hydroxylation sites is 1. The third-order valence-electron chi connectivity index (χ3n) is 4.61. The summed E-state index contributed by atoms with van der Waals surface area (Å²) >= 11 is 1.32. The van der Waals surface area contributed by atoms with Gasteiger partial charge in [0.25, 0.3) is 5.56 Å². The van der Waals surface area contributed by atoms with Crippen LogP contribution in [0.15, 0.2) is 58.5 Å².